The molecule has 1 aromatic rings. The summed E-state index contributed by atoms with van der Waals surface area (Å²) < 4.78 is 2.04. The van der Waals surface area contributed by atoms with E-state index in [4.69, 9.17) is 5.73 Å². The largest absolute Gasteiger partial charge is 0.330 e. The number of aryl methyl sites for hydroxylation is 2. The van der Waals surface area contributed by atoms with E-state index < -0.39 is 0 Å². The van der Waals surface area contributed by atoms with Crippen molar-refractivity contribution in [2.24, 2.45) is 5.73 Å². The van der Waals surface area contributed by atoms with Crippen LogP contribution in [0.5, 0.6) is 0 Å². The Morgan fingerprint density at radius 2 is 2.33 bits per heavy atom. The highest BCUT2D eigenvalue weighted by Gasteiger charge is 1.98. The molecule has 1 heterocycles. The van der Waals surface area contributed by atoms with Crippen molar-refractivity contribution in [1.82, 2.24) is 9.78 Å². The number of rotatable bonds is 5. The number of nitrogens with two attached hydrogens (primary N) is 1. The molecule has 0 aliphatic heterocycles. The number of aromatic nitrogens is 2. The van der Waals surface area contributed by atoms with Gasteiger partial charge in [0.05, 0.1) is 0 Å². The van der Waals surface area contributed by atoms with Crippen molar-refractivity contribution in [3.63, 3.8) is 0 Å². The second-order valence-corrected chi connectivity index (χ2v) is 2.88. The van der Waals surface area contributed by atoms with Crippen molar-refractivity contribution in [1.29, 1.82) is 0 Å². The van der Waals surface area contributed by atoms with Crippen LogP contribution in [0.4, 0.5) is 0 Å². The maximum atomic E-state index is 5.42. The Labute approximate surface area is 73.6 Å². The highest BCUT2D eigenvalue weighted by atomic mass is 15.3. The van der Waals surface area contributed by atoms with Crippen molar-refractivity contribution >= 4 is 0 Å². The summed E-state index contributed by atoms with van der Waals surface area (Å²) >= 11 is 0. The van der Waals surface area contributed by atoms with E-state index in [1.807, 2.05) is 10.9 Å². The minimum Gasteiger partial charge on any atom is -0.330 e. The van der Waals surface area contributed by atoms with Gasteiger partial charge in [-0.25, -0.2) is 0 Å². The first-order valence-electron chi connectivity index (χ1n) is 4.59. The van der Waals surface area contributed by atoms with Crippen LogP contribution in [0, 0.1) is 0 Å². The normalized spacial score (nSPS) is 10.5. The SMILES string of the molecule is CCn1nccc1CCCCN. The first kappa shape index (κ1) is 9.26. The second-order valence-electron chi connectivity index (χ2n) is 2.88. The van der Waals surface area contributed by atoms with E-state index in [2.05, 4.69) is 18.1 Å². The first-order valence-corrected chi connectivity index (χ1v) is 4.59. The molecule has 0 spiro atoms. The second kappa shape index (κ2) is 4.93. The molecular weight excluding hydrogens is 150 g/mol. The summed E-state index contributed by atoms with van der Waals surface area (Å²) in [6.45, 7) is 3.87. The summed E-state index contributed by atoms with van der Waals surface area (Å²) in [5.41, 5.74) is 6.74. The van der Waals surface area contributed by atoms with Crippen LogP contribution < -0.4 is 5.73 Å². The Morgan fingerprint density at radius 1 is 1.50 bits per heavy atom. The van der Waals surface area contributed by atoms with Crippen molar-refractivity contribution < 1.29 is 0 Å². The van der Waals surface area contributed by atoms with E-state index in [1.165, 1.54) is 12.1 Å². The van der Waals surface area contributed by atoms with Gasteiger partial charge in [-0.3, -0.25) is 4.68 Å². The Hall–Kier alpha value is -0.830. The fourth-order valence-corrected chi connectivity index (χ4v) is 1.31. The van der Waals surface area contributed by atoms with E-state index in [9.17, 15) is 0 Å². The van der Waals surface area contributed by atoms with Crippen LogP contribution >= 0.6 is 0 Å². The van der Waals surface area contributed by atoms with Crippen LogP contribution in [0.15, 0.2) is 12.3 Å². The van der Waals surface area contributed by atoms with E-state index in [-0.39, 0.29) is 0 Å². The lowest BCUT2D eigenvalue weighted by Crippen LogP contribution is -2.04. The molecule has 0 fully saturated rings. The van der Waals surface area contributed by atoms with Gasteiger partial charge < -0.3 is 5.73 Å². The molecule has 2 N–H and O–H groups in total. The Kier molecular flexibility index (Phi) is 3.80. The van der Waals surface area contributed by atoms with Gasteiger partial charge in [0.2, 0.25) is 0 Å². The van der Waals surface area contributed by atoms with E-state index in [1.54, 1.807) is 0 Å². The average molecular weight is 167 g/mol. The van der Waals surface area contributed by atoms with Crippen LogP contribution in [0.2, 0.25) is 0 Å². The predicted molar refractivity (Wildman–Crippen MR) is 49.9 cm³/mol. The number of hydrogen-bond acceptors (Lipinski definition) is 2. The first-order chi connectivity index (χ1) is 5.88. The summed E-state index contributed by atoms with van der Waals surface area (Å²) in [7, 11) is 0. The predicted octanol–water partition coefficient (Wildman–Crippen LogP) is 1.18. The topological polar surface area (TPSA) is 43.8 Å². The number of unbranched alkanes of at least 4 members (excludes halogenated alkanes) is 1. The lowest BCUT2D eigenvalue weighted by Gasteiger charge is -2.03. The van der Waals surface area contributed by atoms with Gasteiger partial charge in [0.25, 0.3) is 0 Å². The molecule has 0 unspecified atom stereocenters. The van der Waals surface area contributed by atoms with Crippen LogP contribution in [0.3, 0.4) is 0 Å². The van der Waals surface area contributed by atoms with Crippen LogP contribution in [0.25, 0.3) is 0 Å². The molecule has 0 aliphatic rings. The van der Waals surface area contributed by atoms with Gasteiger partial charge in [-0.1, -0.05) is 0 Å². The van der Waals surface area contributed by atoms with Crippen molar-refractivity contribution in [3.05, 3.63) is 18.0 Å². The van der Waals surface area contributed by atoms with E-state index in [0.29, 0.717) is 0 Å². The maximum absolute atomic E-state index is 5.42. The zero-order chi connectivity index (χ0) is 8.81. The maximum Gasteiger partial charge on any atom is 0.0492 e. The molecule has 0 amide bonds. The third-order valence-electron chi connectivity index (χ3n) is 1.99. The molecule has 12 heavy (non-hydrogen) atoms. The molecule has 68 valence electrons. The molecule has 0 saturated heterocycles. The molecule has 0 aliphatic carbocycles. The zero-order valence-corrected chi connectivity index (χ0v) is 7.66. The van der Waals surface area contributed by atoms with Crippen molar-refractivity contribution in [2.75, 3.05) is 6.54 Å². The lowest BCUT2D eigenvalue weighted by atomic mass is 10.2. The van der Waals surface area contributed by atoms with Gasteiger partial charge in [-0.15, -0.1) is 0 Å². The number of nitrogens with zero attached hydrogens (tertiary/aromatic N) is 2. The molecule has 1 aromatic heterocycles. The quantitative estimate of drug-likeness (QED) is 0.669. The summed E-state index contributed by atoms with van der Waals surface area (Å²) in [5, 5.41) is 4.20. The minimum absolute atomic E-state index is 0.792. The van der Waals surface area contributed by atoms with Crippen molar-refractivity contribution in [3.8, 4) is 0 Å². The van der Waals surface area contributed by atoms with Crippen LogP contribution in [-0.4, -0.2) is 16.3 Å². The summed E-state index contributed by atoms with van der Waals surface area (Å²) in [6.07, 6.45) is 5.24. The summed E-state index contributed by atoms with van der Waals surface area (Å²) in [6, 6.07) is 2.08. The van der Waals surface area contributed by atoms with Crippen LogP contribution in [0.1, 0.15) is 25.5 Å². The number of hydrogen-bond donors (Lipinski definition) is 1. The van der Waals surface area contributed by atoms with Gasteiger partial charge in [0, 0.05) is 18.4 Å². The molecular formula is C9H17N3. The molecule has 0 saturated carbocycles. The molecule has 3 nitrogen and oxygen atoms in total. The molecule has 0 atom stereocenters. The smallest absolute Gasteiger partial charge is 0.0492 e. The van der Waals surface area contributed by atoms with E-state index >= 15 is 0 Å². The molecule has 0 aromatic carbocycles. The van der Waals surface area contributed by atoms with Gasteiger partial charge in [-0.05, 0) is 38.8 Å². The fraction of sp³-hybridized carbons (Fsp3) is 0.667. The average Bonchev–Trinajstić information content (AvgIpc) is 2.52. The van der Waals surface area contributed by atoms with Gasteiger partial charge in [0.15, 0.2) is 0 Å². The summed E-state index contributed by atoms with van der Waals surface area (Å²) in [5.74, 6) is 0. The lowest BCUT2D eigenvalue weighted by molar-refractivity contribution is 0.603. The molecule has 3 heteroatoms. The highest BCUT2D eigenvalue weighted by molar-refractivity contribution is 5.00. The van der Waals surface area contributed by atoms with Gasteiger partial charge >= 0.3 is 0 Å². The Bertz CT molecular complexity index is 217. The van der Waals surface area contributed by atoms with Crippen LogP contribution in [-0.2, 0) is 13.0 Å². The monoisotopic (exact) mass is 167 g/mol. The van der Waals surface area contributed by atoms with Gasteiger partial charge in [-0.2, -0.15) is 5.10 Å². The molecule has 0 radical (unpaired) electrons. The molecule has 0 bridgehead atoms. The zero-order valence-electron chi connectivity index (χ0n) is 7.66. The van der Waals surface area contributed by atoms with E-state index in [0.717, 1.165) is 25.9 Å². The minimum atomic E-state index is 0.792. The van der Waals surface area contributed by atoms with Gasteiger partial charge in [0.1, 0.15) is 0 Å². The Balaban J connectivity index is 2.39. The standard InChI is InChI=1S/C9H17N3/c1-2-12-9(6-8-11-12)5-3-4-7-10/h6,8H,2-5,7,10H2,1H3. The third kappa shape index (κ3) is 2.34. The highest BCUT2D eigenvalue weighted by Crippen LogP contribution is 2.03. The molecule has 1 rings (SSSR count). The summed E-state index contributed by atoms with van der Waals surface area (Å²) in [4.78, 5) is 0. The Morgan fingerprint density at radius 3 is 3.00 bits per heavy atom. The fourth-order valence-electron chi connectivity index (χ4n) is 1.31. The van der Waals surface area contributed by atoms with Crippen molar-refractivity contribution in [2.45, 2.75) is 32.7 Å². The third-order valence-corrected chi connectivity index (χ3v) is 1.99.